The number of nitrogens with one attached hydrogen (secondary N) is 2. The summed E-state index contributed by atoms with van der Waals surface area (Å²) < 4.78 is 32.7. The molecule has 1 heterocycles. The molecule has 136 valence electrons. The average molecular weight is 377 g/mol. The van der Waals surface area contributed by atoms with Crippen LogP contribution in [-0.2, 0) is 14.8 Å². The highest BCUT2D eigenvalue weighted by Crippen LogP contribution is 2.18. The van der Waals surface area contributed by atoms with E-state index in [1.807, 2.05) is 0 Å². The molecule has 1 unspecified atom stereocenters. The largest absolute Gasteiger partial charge is 0.462 e. The third-order valence-electron chi connectivity index (χ3n) is 3.95. The van der Waals surface area contributed by atoms with Crippen LogP contribution in [0.5, 0.6) is 0 Å². The smallest absolute Gasteiger partial charge is 0.338 e. The van der Waals surface area contributed by atoms with Crippen molar-refractivity contribution >= 4 is 28.4 Å². The lowest BCUT2D eigenvalue weighted by atomic mass is 10.0. The summed E-state index contributed by atoms with van der Waals surface area (Å²) in [6, 6.07) is 4.59. The molecule has 1 aliphatic rings. The van der Waals surface area contributed by atoms with E-state index in [9.17, 15) is 13.2 Å². The first kappa shape index (κ1) is 20.9. The molecule has 1 aromatic carbocycles. The maximum absolute atomic E-state index is 12.5. The van der Waals surface area contributed by atoms with Crippen molar-refractivity contribution in [1.82, 2.24) is 10.0 Å². The number of benzene rings is 1. The molecule has 1 fully saturated rings. The molecule has 0 aromatic heterocycles. The van der Waals surface area contributed by atoms with E-state index in [1.54, 1.807) is 26.0 Å². The highest BCUT2D eigenvalue weighted by molar-refractivity contribution is 7.89. The van der Waals surface area contributed by atoms with Crippen LogP contribution in [0.25, 0.3) is 0 Å². The summed E-state index contributed by atoms with van der Waals surface area (Å²) in [6.45, 7) is 5.89. The molecule has 1 atom stereocenters. The average Bonchev–Trinajstić information content (AvgIpc) is 2.54. The molecule has 8 heteroatoms. The molecule has 1 saturated heterocycles. The minimum Gasteiger partial charge on any atom is -0.462 e. The van der Waals surface area contributed by atoms with Crippen LogP contribution in [0.1, 0.15) is 35.7 Å². The van der Waals surface area contributed by atoms with Crippen molar-refractivity contribution in [2.45, 2.75) is 31.6 Å². The Kier molecular flexibility index (Phi) is 8.15. The van der Waals surface area contributed by atoms with Crippen molar-refractivity contribution in [1.29, 1.82) is 0 Å². The van der Waals surface area contributed by atoms with E-state index in [0.717, 1.165) is 25.9 Å². The molecular formula is C16H25ClN2O4S. The van der Waals surface area contributed by atoms with Gasteiger partial charge in [-0.15, -0.1) is 12.4 Å². The van der Waals surface area contributed by atoms with Crippen molar-refractivity contribution < 1.29 is 17.9 Å². The van der Waals surface area contributed by atoms with E-state index in [1.165, 1.54) is 6.07 Å². The number of halogens is 1. The van der Waals surface area contributed by atoms with E-state index >= 15 is 0 Å². The molecule has 0 radical (unpaired) electrons. The molecule has 1 aliphatic heterocycles. The fourth-order valence-electron chi connectivity index (χ4n) is 2.63. The van der Waals surface area contributed by atoms with Gasteiger partial charge < -0.3 is 10.1 Å². The van der Waals surface area contributed by atoms with Gasteiger partial charge in [0.15, 0.2) is 0 Å². The van der Waals surface area contributed by atoms with Gasteiger partial charge in [0.05, 0.1) is 17.1 Å². The Balaban J connectivity index is 0.00000288. The summed E-state index contributed by atoms with van der Waals surface area (Å²) in [7, 11) is -3.65. The van der Waals surface area contributed by atoms with E-state index in [2.05, 4.69) is 10.0 Å². The highest BCUT2D eigenvalue weighted by atomic mass is 35.5. The predicted molar refractivity (Wildman–Crippen MR) is 95.2 cm³/mol. The number of esters is 1. The van der Waals surface area contributed by atoms with Gasteiger partial charge in [-0.3, -0.25) is 0 Å². The lowest BCUT2D eigenvalue weighted by Crippen LogP contribution is -2.38. The van der Waals surface area contributed by atoms with Gasteiger partial charge in [-0.2, -0.15) is 0 Å². The molecule has 2 rings (SSSR count). The number of sulfonamides is 1. The Hall–Kier alpha value is -1.15. The Morgan fingerprint density at radius 1 is 1.42 bits per heavy atom. The number of hydrogen-bond donors (Lipinski definition) is 2. The number of aryl methyl sites for hydroxylation is 1. The fraction of sp³-hybridized carbons (Fsp3) is 0.562. The maximum Gasteiger partial charge on any atom is 0.338 e. The third-order valence-corrected chi connectivity index (χ3v) is 5.52. The lowest BCUT2D eigenvalue weighted by molar-refractivity contribution is 0.0526. The molecule has 24 heavy (non-hydrogen) atoms. The number of piperidine rings is 1. The van der Waals surface area contributed by atoms with Crippen LogP contribution in [0.4, 0.5) is 0 Å². The molecular weight excluding hydrogens is 352 g/mol. The van der Waals surface area contributed by atoms with Crippen molar-refractivity contribution in [3.63, 3.8) is 0 Å². The predicted octanol–water partition coefficient (Wildman–Crippen LogP) is 1.87. The van der Waals surface area contributed by atoms with E-state index in [-0.39, 0.29) is 29.5 Å². The normalized spacial score (nSPS) is 17.8. The minimum atomic E-state index is -3.65. The maximum atomic E-state index is 12.5. The first-order valence-electron chi connectivity index (χ1n) is 7.92. The number of ether oxygens (including phenoxy) is 1. The zero-order chi connectivity index (χ0) is 16.9. The second kappa shape index (κ2) is 9.36. The second-order valence-electron chi connectivity index (χ2n) is 5.77. The van der Waals surface area contributed by atoms with Crippen LogP contribution in [-0.4, -0.2) is 40.6 Å². The monoisotopic (exact) mass is 376 g/mol. The number of carbonyl (C=O) groups excluding carboxylic acids is 1. The van der Waals surface area contributed by atoms with Gasteiger partial charge in [0, 0.05) is 6.54 Å². The highest BCUT2D eigenvalue weighted by Gasteiger charge is 2.21. The first-order chi connectivity index (χ1) is 10.9. The molecule has 0 spiro atoms. The summed E-state index contributed by atoms with van der Waals surface area (Å²) in [6.07, 6.45) is 2.07. The molecule has 1 aromatic rings. The van der Waals surface area contributed by atoms with Crippen molar-refractivity contribution in [2.24, 2.45) is 5.92 Å². The minimum absolute atomic E-state index is 0. The summed E-state index contributed by atoms with van der Waals surface area (Å²) in [5.41, 5.74) is 0.851. The van der Waals surface area contributed by atoms with Gasteiger partial charge in [0.1, 0.15) is 0 Å². The van der Waals surface area contributed by atoms with Crippen LogP contribution >= 0.6 is 12.4 Å². The van der Waals surface area contributed by atoms with Crippen LogP contribution in [0.3, 0.4) is 0 Å². The van der Waals surface area contributed by atoms with Gasteiger partial charge in [0.2, 0.25) is 10.0 Å². The SMILES string of the molecule is CCOC(=O)c1ccc(C)c(S(=O)(=O)NCC2CCCNC2)c1.Cl. The Labute approximate surface area is 149 Å². The topological polar surface area (TPSA) is 84.5 Å². The van der Waals surface area contributed by atoms with Crippen LogP contribution in [0.15, 0.2) is 23.1 Å². The molecule has 0 saturated carbocycles. The van der Waals surface area contributed by atoms with E-state index in [0.29, 0.717) is 18.0 Å². The van der Waals surface area contributed by atoms with Crippen molar-refractivity contribution in [3.05, 3.63) is 29.3 Å². The second-order valence-corrected chi connectivity index (χ2v) is 7.50. The molecule has 0 bridgehead atoms. The van der Waals surface area contributed by atoms with Gasteiger partial charge in [0.25, 0.3) is 0 Å². The summed E-state index contributed by atoms with van der Waals surface area (Å²) in [4.78, 5) is 11.9. The number of rotatable bonds is 6. The van der Waals surface area contributed by atoms with Crippen molar-refractivity contribution in [2.75, 3.05) is 26.2 Å². The third kappa shape index (κ3) is 5.44. The van der Waals surface area contributed by atoms with Gasteiger partial charge >= 0.3 is 5.97 Å². The van der Waals surface area contributed by atoms with Crippen molar-refractivity contribution in [3.8, 4) is 0 Å². The van der Waals surface area contributed by atoms with E-state index < -0.39 is 16.0 Å². The first-order valence-corrected chi connectivity index (χ1v) is 9.40. The molecule has 0 amide bonds. The van der Waals surface area contributed by atoms with Gasteiger partial charge in [-0.05, 0) is 63.4 Å². The molecule has 0 aliphatic carbocycles. The Morgan fingerprint density at radius 3 is 2.79 bits per heavy atom. The van der Waals surface area contributed by atoms with Gasteiger partial charge in [-0.25, -0.2) is 17.9 Å². The summed E-state index contributed by atoms with van der Waals surface area (Å²) in [5.74, 6) is -0.215. The van der Waals surface area contributed by atoms with Crippen LogP contribution in [0, 0.1) is 12.8 Å². The van der Waals surface area contributed by atoms with Crippen LogP contribution in [0.2, 0.25) is 0 Å². The fourth-order valence-corrected chi connectivity index (χ4v) is 4.02. The number of hydrogen-bond acceptors (Lipinski definition) is 5. The quantitative estimate of drug-likeness (QED) is 0.740. The standard InChI is InChI=1S/C16H24N2O4S.ClH/c1-3-22-16(19)14-7-6-12(2)15(9-14)23(20,21)18-11-13-5-4-8-17-10-13;/h6-7,9,13,17-18H,3-5,8,10-11H2,1-2H3;1H. The molecule has 6 nitrogen and oxygen atoms in total. The molecule has 2 N–H and O–H groups in total. The Morgan fingerprint density at radius 2 is 2.17 bits per heavy atom. The number of carbonyl (C=O) groups is 1. The van der Waals surface area contributed by atoms with Crippen LogP contribution < -0.4 is 10.0 Å². The summed E-state index contributed by atoms with van der Waals surface area (Å²) in [5, 5.41) is 3.26. The zero-order valence-electron chi connectivity index (χ0n) is 14.0. The lowest BCUT2D eigenvalue weighted by Gasteiger charge is -2.23. The van der Waals surface area contributed by atoms with E-state index in [4.69, 9.17) is 4.74 Å². The van der Waals surface area contributed by atoms with Gasteiger partial charge in [-0.1, -0.05) is 6.07 Å². The Bertz CT molecular complexity index is 658. The zero-order valence-corrected chi connectivity index (χ0v) is 15.6. The summed E-state index contributed by atoms with van der Waals surface area (Å²) >= 11 is 0.